The third-order valence-corrected chi connectivity index (χ3v) is 5.49. The third kappa shape index (κ3) is 2.47. The smallest absolute Gasteiger partial charge is 0.275 e. The van der Waals surface area contributed by atoms with E-state index in [0.29, 0.717) is 18.0 Å². The molecular weight excluding hydrogens is 350 g/mol. The number of nitrogens with one attached hydrogen (secondary N) is 1. The van der Waals surface area contributed by atoms with Crippen LogP contribution < -0.4 is 4.74 Å². The van der Waals surface area contributed by atoms with Gasteiger partial charge in [0, 0.05) is 12.1 Å². The second-order valence-corrected chi connectivity index (χ2v) is 7.12. The zero-order valence-corrected chi connectivity index (χ0v) is 15.3. The van der Waals surface area contributed by atoms with Gasteiger partial charge in [-0.2, -0.15) is 5.10 Å². The number of thiophene rings is 1. The molecule has 2 aromatic heterocycles. The number of H-pyrrole nitrogens is 1. The Labute approximate surface area is 155 Å². The van der Waals surface area contributed by atoms with Gasteiger partial charge < -0.3 is 14.7 Å². The van der Waals surface area contributed by atoms with E-state index in [0.717, 1.165) is 28.1 Å². The maximum absolute atomic E-state index is 12.9. The van der Waals surface area contributed by atoms with Gasteiger partial charge >= 0.3 is 0 Å². The van der Waals surface area contributed by atoms with Crippen LogP contribution in [0.4, 0.5) is 0 Å². The molecule has 6 nitrogen and oxygen atoms in total. The van der Waals surface area contributed by atoms with E-state index in [1.54, 1.807) is 23.5 Å². The first kappa shape index (κ1) is 16.7. The molecule has 1 unspecified atom stereocenters. The van der Waals surface area contributed by atoms with Gasteiger partial charge in [-0.25, -0.2) is 0 Å². The maximum Gasteiger partial charge on any atom is 0.275 e. The van der Waals surface area contributed by atoms with Gasteiger partial charge in [-0.05, 0) is 35.6 Å². The predicted octanol–water partition coefficient (Wildman–Crippen LogP) is 3.81. The molecule has 3 aromatic rings. The van der Waals surface area contributed by atoms with Crippen molar-refractivity contribution in [3.63, 3.8) is 0 Å². The predicted molar refractivity (Wildman–Crippen MR) is 99.7 cm³/mol. The normalized spacial score (nSPS) is 16.2. The van der Waals surface area contributed by atoms with Crippen LogP contribution in [0.25, 0.3) is 10.6 Å². The molecule has 7 heteroatoms. The molecule has 1 amide bonds. The van der Waals surface area contributed by atoms with E-state index in [-0.39, 0.29) is 17.7 Å². The largest absolute Gasteiger partial charge is 0.504 e. The van der Waals surface area contributed by atoms with Crippen molar-refractivity contribution in [2.24, 2.45) is 0 Å². The number of rotatable bonds is 5. The zero-order chi connectivity index (χ0) is 18.3. The first-order valence-electron chi connectivity index (χ1n) is 8.45. The van der Waals surface area contributed by atoms with Crippen molar-refractivity contribution in [2.75, 3.05) is 13.7 Å². The number of aromatic nitrogens is 2. The van der Waals surface area contributed by atoms with E-state index in [9.17, 15) is 9.90 Å². The minimum Gasteiger partial charge on any atom is -0.504 e. The first-order chi connectivity index (χ1) is 12.7. The lowest BCUT2D eigenvalue weighted by Crippen LogP contribution is -2.30. The minimum atomic E-state index is -0.261. The SMILES string of the molecule is CCCN1C(=O)c2n[nH]c(-c3cccs3)c2C1c1ccc(O)c(OC)c1. The number of hydrogen-bond donors (Lipinski definition) is 2. The highest BCUT2D eigenvalue weighted by Gasteiger charge is 2.42. The molecule has 0 saturated heterocycles. The van der Waals surface area contributed by atoms with Gasteiger partial charge in [0.15, 0.2) is 17.2 Å². The number of amides is 1. The molecule has 0 bridgehead atoms. The van der Waals surface area contributed by atoms with Crippen molar-refractivity contribution >= 4 is 17.2 Å². The number of aromatic hydroxyl groups is 1. The van der Waals surface area contributed by atoms with Gasteiger partial charge in [-0.15, -0.1) is 11.3 Å². The summed E-state index contributed by atoms with van der Waals surface area (Å²) >= 11 is 1.60. The summed E-state index contributed by atoms with van der Waals surface area (Å²) in [5.41, 5.74) is 3.12. The summed E-state index contributed by atoms with van der Waals surface area (Å²) < 4.78 is 5.26. The summed E-state index contributed by atoms with van der Waals surface area (Å²) in [7, 11) is 1.52. The van der Waals surface area contributed by atoms with Crippen LogP contribution >= 0.6 is 11.3 Å². The second-order valence-electron chi connectivity index (χ2n) is 6.17. The molecule has 0 saturated carbocycles. The van der Waals surface area contributed by atoms with E-state index in [1.165, 1.54) is 7.11 Å². The molecule has 1 aromatic carbocycles. The summed E-state index contributed by atoms with van der Waals surface area (Å²) in [5.74, 6) is 0.396. The van der Waals surface area contributed by atoms with Crippen molar-refractivity contribution < 1.29 is 14.6 Å². The Morgan fingerprint density at radius 2 is 2.23 bits per heavy atom. The molecule has 0 aliphatic carbocycles. The van der Waals surface area contributed by atoms with Crippen LogP contribution in [0.1, 0.15) is 41.0 Å². The Morgan fingerprint density at radius 3 is 2.92 bits per heavy atom. The minimum absolute atomic E-state index is 0.0713. The Bertz CT molecular complexity index is 949. The second kappa shape index (κ2) is 6.49. The Morgan fingerprint density at radius 1 is 1.38 bits per heavy atom. The molecule has 4 rings (SSSR count). The van der Waals surface area contributed by atoms with Crippen LogP contribution in [0.15, 0.2) is 35.7 Å². The molecule has 0 radical (unpaired) electrons. The molecule has 0 fully saturated rings. The molecule has 1 atom stereocenters. The fourth-order valence-electron chi connectivity index (χ4n) is 3.48. The van der Waals surface area contributed by atoms with E-state index in [1.807, 2.05) is 35.4 Å². The lowest BCUT2D eigenvalue weighted by Gasteiger charge is -2.26. The lowest BCUT2D eigenvalue weighted by molar-refractivity contribution is 0.0744. The number of carbonyl (C=O) groups is 1. The standard InChI is InChI=1S/C19H19N3O3S/c1-3-8-22-18(11-6-7-12(23)13(10-11)25-2)15-16(14-5-4-9-26-14)20-21-17(15)19(22)24/h4-7,9-10,18,23H,3,8H2,1-2H3,(H,20,21). The van der Waals surface area contributed by atoms with E-state index < -0.39 is 0 Å². The highest BCUT2D eigenvalue weighted by molar-refractivity contribution is 7.13. The Hall–Kier alpha value is -2.80. The first-order valence-corrected chi connectivity index (χ1v) is 9.33. The summed E-state index contributed by atoms with van der Waals surface area (Å²) in [5, 5.41) is 19.3. The van der Waals surface area contributed by atoms with Crippen LogP contribution in [0.3, 0.4) is 0 Å². The number of ether oxygens (including phenoxy) is 1. The average molecular weight is 369 g/mol. The van der Waals surface area contributed by atoms with Crippen molar-refractivity contribution in [3.8, 4) is 22.1 Å². The number of aromatic amines is 1. The van der Waals surface area contributed by atoms with Crippen molar-refractivity contribution in [3.05, 3.63) is 52.5 Å². The van der Waals surface area contributed by atoms with Gasteiger partial charge in [0.05, 0.1) is 23.7 Å². The molecule has 1 aliphatic heterocycles. The molecular formula is C19H19N3O3S. The van der Waals surface area contributed by atoms with Crippen molar-refractivity contribution in [2.45, 2.75) is 19.4 Å². The highest BCUT2D eigenvalue weighted by Crippen LogP contribution is 2.45. The van der Waals surface area contributed by atoms with Gasteiger partial charge in [0.1, 0.15) is 0 Å². The third-order valence-electron chi connectivity index (χ3n) is 4.60. The number of phenolic OH excluding ortho intramolecular Hbond substituents is 1. The van der Waals surface area contributed by atoms with Gasteiger partial charge in [-0.3, -0.25) is 9.89 Å². The molecule has 3 heterocycles. The molecule has 0 spiro atoms. The average Bonchev–Trinajstić information content (AvgIpc) is 3.35. The summed E-state index contributed by atoms with van der Waals surface area (Å²) in [6.07, 6.45) is 0.847. The lowest BCUT2D eigenvalue weighted by atomic mass is 9.97. The Balaban J connectivity index is 1.90. The maximum atomic E-state index is 12.9. The zero-order valence-electron chi connectivity index (χ0n) is 14.5. The monoisotopic (exact) mass is 369 g/mol. The number of benzene rings is 1. The molecule has 134 valence electrons. The highest BCUT2D eigenvalue weighted by atomic mass is 32.1. The van der Waals surface area contributed by atoms with Crippen LogP contribution in [-0.4, -0.2) is 39.8 Å². The van der Waals surface area contributed by atoms with Crippen LogP contribution in [0.5, 0.6) is 11.5 Å². The van der Waals surface area contributed by atoms with E-state index in [2.05, 4.69) is 10.2 Å². The quantitative estimate of drug-likeness (QED) is 0.717. The summed E-state index contributed by atoms with van der Waals surface area (Å²) in [4.78, 5) is 15.8. The van der Waals surface area contributed by atoms with Crippen molar-refractivity contribution in [1.29, 1.82) is 0 Å². The topological polar surface area (TPSA) is 78.5 Å². The van der Waals surface area contributed by atoms with Gasteiger partial charge in [0.2, 0.25) is 0 Å². The Kier molecular flexibility index (Phi) is 4.16. The molecule has 1 aliphatic rings. The van der Waals surface area contributed by atoms with Crippen LogP contribution in [0.2, 0.25) is 0 Å². The number of nitrogens with zero attached hydrogens (tertiary/aromatic N) is 2. The van der Waals surface area contributed by atoms with E-state index in [4.69, 9.17) is 4.74 Å². The van der Waals surface area contributed by atoms with Crippen molar-refractivity contribution in [1.82, 2.24) is 15.1 Å². The van der Waals surface area contributed by atoms with Gasteiger partial charge in [-0.1, -0.05) is 19.1 Å². The van der Waals surface area contributed by atoms with Crippen LogP contribution in [0, 0.1) is 0 Å². The van der Waals surface area contributed by atoms with Gasteiger partial charge in [0.25, 0.3) is 5.91 Å². The molecule has 26 heavy (non-hydrogen) atoms. The number of hydrogen-bond acceptors (Lipinski definition) is 5. The summed E-state index contributed by atoms with van der Waals surface area (Å²) in [6, 6.07) is 8.95. The fourth-order valence-corrected chi connectivity index (χ4v) is 4.21. The van der Waals surface area contributed by atoms with E-state index >= 15 is 0 Å². The van der Waals surface area contributed by atoms with Crippen LogP contribution in [-0.2, 0) is 0 Å². The summed E-state index contributed by atoms with van der Waals surface area (Å²) in [6.45, 7) is 2.68. The number of fused-ring (bicyclic) bond motifs is 1. The molecule has 2 N–H and O–H groups in total. The number of phenols is 1. The fraction of sp³-hybridized carbons (Fsp3) is 0.263. The number of carbonyl (C=O) groups excluding carboxylic acids is 1. The number of methoxy groups -OCH3 is 1.